The quantitative estimate of drug-likeness (QED) is 0.817. The normalized spacial score (nSPS) is 12.9. The minimum atomic E-state index is 0.131. The molecule has 2 heterocycles. The van der Waals surface area contributed by atoms with E-state index in [9.17, 15) is 0 Å². The lowest BCUT2D eigenvalue weighted by Crippen LogP contribution is -2.08. The number of thioether (sulfide) groups is 1. The van der Waals surface area contributed by atoms with Gasteiger partial charge in [-0.25, -0.2) is 4.98 Å². The van der Waals surface area contributed by atoms with Gasteiger partial charge in [0.05, 0.1) is 17.1 Å². The van der Waals surface area contributed by atoms with Crippen molar-refractivity contribution in [3.63, 3.8) is 0 Å². The van der Waals surface area contributed by atoms with Crippen LogP contribution in [0.4, 0.5) is 0 Å². The predicted molar refractivity (Wildman–Crippen MR) is 62.1 cm³/mol. The average Bonchev–Trinajstić information content (AvgIpc) is 2.84. The minimum absolute atomic E-state index is 0.131. The number of oxazole rings is 1. The molecule has 0 radical (unpaired) electrons. The van der Waals surface area contributed by atoms with Crippen molar-refractivity contribution in [1.29, 1.82) is 0 Å². The molecule has 0 aliphatic carbocycles. The van der Waals surface area contributed by atoms with Crippen LogP contribution < -0.4 is 5.73 Å². The van der Waals surface area contributed by atoms with Crippen molar-refractivity contribution in [3.8, 4) is 0 Å². The minimum Gasteiger partial charge on any atom is -0.440 e. The number of nitrogens with two attached hydrogens (primary N) is 1. The van der Waals surface area contributed by atoms with E-state index in [1.807, 2.05) is 26.4 Å². The molecule has 2 aromatic heterocycles. The third-order valence-electron chi connectivity index (χ3n) is 2.15. The van der Waals surface area contributed by atoms with Gasteiger partial charge in [0.1, 0.15) is 6.26 Å². The molecule has 86 valence electrons. The third kappa shape index (κ3) is 2.45. The lowest BCUT2D eigenvalue weighted by molar-refractivity contribution is 0.453. The van der Waals surface area contributed by atoms with Crippen LogP contribution in [-0.4, -0.2) is 21.3 Å². The Morgan fingerprint density at radius 2 is 2.44 bits per heavy atom. The Labute approximate surface area is 98.0 Å². The highest BCUT2D eigenvalue weighted by atomic mass is 32.2. The summed E-state index contributed by atoms with van der Waals surface area (Å²) in [5.74, 6) is 0. The fourth-order valence-electron chi connectivity index (χ4n) is 1.37. The molecule has 0 saturated heterocycles. The Morgan fingerprint density at radius 3 is 2.94 bits per heavy atom. The van der Waals surface area contributed by atoms with E-state index in [4.69, 9.17) is 10.2 Å². The Balaban J connectivity index is 2.12. The Bertz CT molecular complexity index is 465. The van der Waals surface area contributed by atoms with Gasteiger partial charge in [-0.2, -0.15) is 5.10 Å². The van der Waals surface area contributed by atoms with Crippen molar-refractivity contribution < 1.29 is 4.42 Å². The topological polar surface area (TPSA) is 69.9 Å². The molecule has 0 fully saturated rings. The molecule has 0 saturated carbocycles. The lowest BCUT2D eigenvalue weighted by atomic mass is 10.2. The molecular weight excluding hydrogens is 224 g/mol. The summed E-state index contributed by atoms with van der Waals surface area (Å²) in [7, 11) is 1.89. The molecule has 5 nitrogen and oxygen atoms in total. The summed E-state index contributed by atoms with van der Waals surface area (Å²) >= 11 is 1.52. The highest BCUT2D eigenvalue weighted by molar-refractivity contribution is 7.99. The number of nitrogens with zero attached hydrogens (tertiary/aromatic N) is 3. The van der Waals surface area contributed by atoms with Crippen molar-refractivity contribution in [1.82, 2.24) is 14.8 Å². The van der Waals surface area contributed by atoms with Crippen LogP contribution in [0, 0.1) is 6.92 Å². The molecule has 0 amide bonds. The SMILES string of the molecule is Cc1coc(SC(CN)c2cnn(C)c2)n1. The van der Waals surface area contributed by atoms with E-state index in [-0.39, 0.29) is 5.25 Å². The van der Waals surface area contributed by atoms with E-state index >= 15 is 0 Å². The number of rotatable bonds is 4. The van der Waals surface area contributed by atoms with Crippen LogP contribution in [0.3, 0.4) is 0 Å². The number of hydrogen-bond acceptors (Lipinski definition) is 5. The molecule has 0 aromatic carbocycles. The van der Waals surface area contributed by atoms with E-state index in [0.717, 1.165) is 11.3 Å². The maximum atomic E-state index is 5.74. The van der Waals surface area contributed by atoms with E-state index < -0.39 is 0 Å². The summed E-state index contributed by atoms with van der Waals surface area (Å²) in [5, 5.41) is 4.91. The highest BCUT2D eigenvalue weighted by Crippen LogP contribution is 2.33. The van der Waals surface area contributed by atoms with Crippen molar-refractivity contribution in [3.05, 3.63) is 29.9 Å². The summed E-state index contributed by atoms with van der Waals surface area (Å²) in [6, 6.07) is 0. The first-order valence-corrected chi connectivity index (χ1v) is 5.84. The monoisotopic (exact) mass is 238 g/mol. The summed E-state index contributed by atoms with van der Waals surface area (Å²) < 4.78 is 7.06. The molecule has 0 bridgehead atoms. The van der Waals surface area contributed by atoms with Gasteiger partial charge in [-0.15, -0.1) is 0 Å². The second kappa shape index (κ2) is 4.71. The fourth-order valence-corrected chi connectivity index (χ4v) is 2.26. The highest BCUT2D eigenvalue weighted by Gasteiger charge is 2.16. The van der Waals surface area contributed by atoms with E-state index in [1.54, 1.807) is 10.9 Å². The zero-order chi connectivity index (χ0) is 11.5. The van der Waals surface area contributed by atoms with E-state index in [2.05, 4.69) is 10.1 Å². The molecule has 2 rings (SSSR count). The van der Waals surface area contributed by atoms with Crippen LogP contribution in [-0.2, 0) is 7.05 Å². The zero-order valence-electron chi connectivity index (χ0n) is 9.25. The summed E-state index contributed by atoms with van der Waals surface area (Å²) in [5.41, 5.74) is 7.71. The van der Waals surface area contributed by atoms with Gasteiger partial charge in [0.25, 0.3) is 5.22 Å². The maximum Gasteiger partial charge on any atom is 0.256 e. The Kier molecular flexibility index (Phi) is 3.31. The predicted octanol–water partition coefficient (Wildman–Crippen LogP) is 1.51. The van der Waals surface area contributed by atoms with Crippen molar-refractivity contribution in [2.75, 3.05) is 6.54 Å². The Hall–Kier alpha value is -1.27. The summed E-state index contributed by atoms with van der Waals surface area (Å²) in [4.78, 5) is 4.24. The smallest absolute Gasteiger partial charge is 0.256 e. The number of aromatic nitrogens is 3. The first-order valence-electron chi connectivity index (χ1n) is 4.96. The van der Waals surface area contributed by atoms with Gasteiger partial charge in [-0.05, 0) is 6.92 Å². The molecular formula is C10H14N4OS. The molecule has 2 N–H and O–H groups in total. The molecule has 0 aliphatic heterocycles. The van der Waals surface area contributed by atoms with Gasteiger partial charge in [0.2, 0.25) is 0 Å². The van der Waals surface area contributed by atoms with Crippen molar-refractivity contribution in [2.24, 2.45) is 12.8 Å². The van der Waals surface area contributed by atoms with E-state index in [0.29, 0.717) is 11.8 Å². The average molecular weight is 238 g/mol. The van der Waals surface area contributed by atoms with Gasteiger partial charge in [-0.3, -0.25) is 4.68 Å². The van der Waals surface area contributed by atoms with Crippen LogP contribution in [0.1, 0.15) is 16.5 Å². The second-order valence-electron chi connectivity index (χ2n) is 3.54. The van der Waals surface area contributed by atoms with Gasteiger partial charge in [0.15, 0.2) is 0 Å². The van der Waals surface area contributed by atoms with Crippen LogP contribution >= 0.6 is 11.8 Å². The summed E-state index contributed by atoms with van der Waals surface area (Å²) in [6.45, 7) is 2.42. The molecule has 6 heteroatoms. The third-order valence-corrected chi connectivity index (χ3v) is 3.29. The van der Waals surface area contributed by atoms with Gasteiger partial charge in [-0.1, -0.05) is 11.8 Å². The van der Waals surface area contributed by atoms with Crippen LogP contribution in [0.15, 0.2) is 28.3 Å². The van der Waals surface area contributed by atoms with Gasteiger partial charge < -0.3 is 10.2 Å². The molecule has 1 atom stereocenters. The van der Waals surface area contributed by atoms with Crippen LogP contribution in [0.5, 0.6) is 0 Å². The van der Waals surface area contributed by atoms with E-state index in [1.165, 1.54) is 11.8 Å². The zero-order valence-corrected chi connectivity index (χ0v) is 10.1. The molecule has 2 aromatic rings. The van der Waals surface area contributed by atoms with Gasteiger partial charge >= 0.3 is 0 Å². The van der Waals surface area contributed by atoms with Gasteiger partial charge in [0, 0.05) is 25.4 Å². The van der Waals surface area contributed by atoms with Crippen molar-refractivity contribution >= 4 is 11.8 Å². The maximum absolute atomic E-state index is 5.74. The molecule has 1 unspecified atom stereocenters. The molecule has 16 heavy (non-hydrogen) atoms. The molecule has 0 aliphatic rings. The lowest BCUT2D eigenvalue weighted by Gasteiger charge is -2.08. The number of aryl methyl sites for hydroxylation is 2. The fraction of sp³-hybridized carbons (Fsp3) is 0.400. The largest absolute Gasteiger partial charge is 0.440 e. The number of hydrogen-bond donors (Lipinski definition) is 1. The van der Waals surface area contributed by atoms with Crippen LogP contribution in [0.2, 0.25) is 0 Å². The summed E-state index contributed by atoms with van der Waals surface area (Å²) in [6.07, 6.45) is 5.42. The standard InChI is InChI=1S/C10H14N4OS/c1-7-6-15-10(13-7)16-9(3-11)8-4-12-14(2)5-8/h4-6,9H,3,11H2,1-2H3. The first kappa shape index (κ1) is 11.2. The second-order valence-corrected chi connectivity index (χ2v) is 4.70. The first-order chi connectivity index (χ1) is 7.69. The van der Waals surface area contributed by atoms with Crippen LogP contribution in [0.25, 0.3) is 0 Å². The van der Waals surface area contributed by atoms with Crippen molar-refractivity contribution in [2.45, 2.75) is 17.4 Å². The molecule has 0 spiro atoms. The Morgan fingerprint density at radius 1 is 1.62 bits per heavy atom.